The Hall–Kier alpha value is -2.66. The molecule has 1 amide bonds. The molecule has 24 heavy (non-hydrogen) atoms. The standard InChI is InChI=1S/C18H14ClNO4/c19-14-2-1-3-15(9-14)20-10-13(8-17(20)22)18(23)24-16-6-4-12(11-21)5-7-16/h1-7,9,11,13H,8,10H2/t13-/m1/s1. The van der Waals surface area contributed by atoms with Crippen molar-refractivity contribution in [2.45, 2.75) is 6.42 Å². The largest absolute Gasteiger partial charge is 0.426 e. The lowest BCUT2D eigenvalue weighted by Crippen LogP contribution is -2.27. The molecule has 0 N–H and O–H groups in total. The molecule has 2 aromatic rings. The molecule has 2 aromatic carbocycles. The minimum absolute atomic E-state index is 0.0950. The van der Waals surface area contributed by atoms with E-state index in [0.717, 1.165) is 0 Å². The molecule has 0 aromatic heterocycles. The zero-order valence-corrected chi connectivity index (χ0v) is 13.4. The lowest BCUT2D eigenvalue weighted by molar-refractivity contribution is -0.139. The minimum Gasteiger partial charge on any atom is -0.426 e. The van der Waals surface area contributed by atoms with Gasteiger partial charge >= 0.3 is 5.97 Å². The lowest BCUT2D eigenvalue weighted by atomic mass is 10.1. The molecule has 0 saturated carbocycles. The quantitative estimate of drug-likeness (QED) is 0.486. The maximum Gasteiger partial charge on any atom is 0.316 e. The molecule has 1 saturated heterocycles. The van der Waals surface area contributed by atoms with E-state index in [-0.39, 0.29) is 18.9 Å². The molecule has 6 heteroatoms. The highest BCUT2D eigenvalue weighted by Crippen LogP contribution is 2.28. The third-order valence-corrected chi connectivity index (χ3v) is 4.05. The second-order valence-electron chi connectivity index (χ2n) is 5.49. The average molecular weight is 344 g/mol. The monoisotopic (exact) mass is 343 g/mol. The van der Waals surface area contributed by atoms with E-state index in [4.69, 9.17) is 16.3 Å². The van der Waals surface area contributed by atoms with Crippen LogP contribution in [0.15, 0.2) is 48.5 Å². The van der Waals surface area contributed by atoms with Crippen molar-refractivity contribution in [1.82, 2.24) is 0 Å². The second-order valence-corrected chi connectivity index (χ2v) is 5.93. The number of amides is 1. The van der Waals surface area contributed by atoms with Gasteiger partial charge in [0.25, 0.3) is 0 Å². The molecule has 5 nitrogen and oxygen atoms in total. The molecule has 0 radical (unpaired) electrons. The summed E-state index contributed by atoms with van der Waals surface area (Å²) in [4.78, 5) is 36.6. The second kappa shape index (κ2) is 6.84. The number of halogens is 1. The number of aldehydes is 1. The zero-order valence-electron chi connectivity index (χ0n) is 12.6. The van der Waals surface area contributed by atoms with Gasteiger partial charge in [-0.2, -0.15) is 0 Å². The van der Waals surface area contributed by atoms with Crippen LogP contribution in [0, 0.1) is 5.92 Å². The number of anilines is 1. The Morgan fingerprint density at radius 1 is 1.21 bits per heavy atom. The highest BCUT2D eigenvalue weighted by atomic mass is 35.5. The fraction of sp³-hybridized carbons (Fsp3) is 0.167. The molecule has 1 aliphatic heterocycles. The molecular formula is C18H14ClNO4. The number of nitrogens with zero attached hydrogens (tertiary/aromatic N) is 1. The summed E-state index contributed by atoms with van der Waals surface area (Å²) >= 11 is 5.95. The van der Waals surface area contributed by atoms with Gasteiger partial charge in [0.15, 0.2) is 0 Å². The van der Waals surface area contributed by atoms with E-state index in [9.17, 15) is 14.4 Å². The van der Waals surface area contributed by atoms with Crippen molar-refractivity contribution < 1.29 is 19.1 Å². The van der Waals surface area contributed by atoms with Gasteiger partial charge in [-0.25, -0.2) is 0 Å². The van der Waals surface area contributed by atoms with Crippen molar-refractivity contribution in [3.63, 3.8) is 0 Å². The van der Waals surface area contributed by atoms with E-state index in [2.05, 4.69) is 0 Å². The van der Waals surface area contributed by atoms with Gasteiger partial charge < -0.3 is 9.64 Å². The molecular weight excluding hydrogens is 330 g/mol. The minimum atomic E-state index is -0.540. The van der Waals surface area contributed by atoms with Gasteiger partial charge in [0.05, 0.1) is 5.92 Å². The van der Waals surface area contributed by atoms with Gasteiger partial charge in [-0.3, -0.25) is 14.4 Å². The van der Waals surface area contributed by atoms with Crippen molar-refractivity contribution in [2.24, 2.45) is 5.92 Å². The van der Waals surface area contributed by atoms with Gasteiger partial charge in [0, 0.05) is 29.2 Å². The molecule has 1 fully saturated rings. The third kappa shape index (κ3) is 3.46. The van der Waals surface area contributed by atoms with Crippen LogP contribution >= 0.6 is 11.6 Å². The number of benzene rings is 2. The first-order chi connectivity index (χ1) is 11.6. The van der Waals surface area contributed by atoms with E-state index in [0.29, 0.717) is 28.3 Å². The first-order valence-electron chi connectivity index (χ1n) is 7.39. The van der Waals surface area contributed by atoms with E-state index in [1.165, 1.54) is 4.90 Å². The summed E-state index contributed by atoms with van der Waals surface area (Å²) in [5.41, 5.74) is 1.16. The number of ether oxygens (including phenoxy) is 1. The average Bonchev–Trinajstić information content (AvgIpc) is 2.97. The summed E-state index contributed by atoms with van der Waals surface area (Å²) in [5.74, 6) is -0.802. The summed E-state index contributed by atoms with van der Waals surface area (Å²) in [7, 11) is 0. The predicted molar refractivity (Wildman–Crippen MR) is 89.4 cm³/mol. The van der Waals surface area contributed by atoms with Gasteiger partial charge in [0.2, 0.25) is 5.91 Å². The molecule has 0 bridgehead atoms. The summed E-state index contributed by atoms with van der Waals surface area (Å²) < 4.78 is 5.29. The topological polar surface area (TPSA) is 63.7 Å². The number of rotatable bonds is 4. The maximum atomic E-state index is 12.3. The molecule has 0 spiro atoms. The molecule has 1 heterocycles. The van der Waals surface area contributed by atoms with Crippen molar-refractivity contribution in [1.29, 1.82) is 0 Å². The summed E-state index contributed by atoms with van der Waals surface area (Å²) in [6, 6.07) is 13.2. The Morgan fingerprint density at radius 3 is 2.62 bits per heavy atom. The molecule has 0 unspecified atom stereocenters. The smallest absolute Gasteiger partial charge is 0.316 e. The Labute approximate surface area is 143 Å². The highest BCUT2D eigenvalue weighted by Gasteiger charge is 2.36. The van der Waals surface area contributed by atoms with Crippen LogP contribution in [0.5, 0.6) is 5.75 Å². The summed E-state index contributed by atoms with van der Waals surface area (Å²) in [6.07, 6.45) is 0.807. The number of esters is 1. The van der Waals surface area contributed by atoms with E-state index < -0.39 is 11.9 Å². The van der Waals surface area contributed by atoms with E-state index >= 15 is 0 Å². The van der Waals surface area contributed by atoms with E-state index in [1.807, 2.05) is 0 Å². The van der Waals surface area contributed by atoms with Crippen LogP contribution in [-0.4, -0.2) is 24.7 Å². The van der Waals surface area contributed by atoms with Gasteiger partial charge in [-0.15, -0.1) is 0 Å². The van der Waals surface area contributed by atoms with Crippen LogP contribution in [0.1, 0.15) is 16.8 Å². The van der Waals surface area contributed by atoms with Crippen molar-refractivity contribution >= 4 is 35.5 Å². The van der Waals surface area contributed by atoms with Gasteiger partial charge in [-0.05, 0) is 42.5 Å². The third-order valence-electron chi connectivity index (χ3n) is 3.81. The molecule has 0 aliphatic carbocycles. The molecule has 122 valence electrons. The SMILES string of the molecule is O=Cc1ccc(OC(=O)[C@@H]2CC(=O)N(c3cccc(Cl)c3)C2)cc1. The Morgan fingerprint density at radius 2 is 1.96 bits per heavy atom. The summed E-state index contributed by atoms with van der Waals surface area (Å²) in [5, 5.41) is 0.529. The Kier molecular flexibility index (Phi) is 4.62. The molecule has 1 aliphatic rings. The van der Waals surface area contributed by atoms with Crippen molar-refractivity contribution in [2.75, 3.05) is 11.4 Å². The van der Waals surface area contributed by atoms with E-state index in [1.54, 1.807) is 48.5 Å². The van der Waals surface area contributed by atoms with Gasteiger partial charge in [-0.1, -0.05) is 17.7 Å². The summed E-state index contributed by atoms with van der Waals surface area (Å²) in [6.45, 7) is 0.254. The molecule has 3 rings (SSSR count). The first-order valence-corrected chi connectivity index (χ1v) is 7.77. The normalized spacial score (nSPS) is 17.0. The van der Waals surface area contributed by atoms with Crippen LogP contribution < -0.4 is 9.64 Å². The maximum absolute atomic E-state index is 12.3. The van der Waals surface area contributed by atoms with Gasteiger partial charge in [0.1, 0.15) is 12.0 Å². The zero-order chi connectivity index (χ0) is 17.1. The predicted octanol–water partition coefficient (Wildman–Crippen LogP) is 3.11. The van der Waals surface area contributed by atoms with Crippen molar-refractivity contribution in [3.8, 4) is 5.75 Å². The molecule has 1 atom stereocenters. The van der Waals surface area contributed by atoms with Crippen LogP contribution in [0.4, 0.5) is 5.69 Å². The first kappa shape index (κ1) is 16.2. The highest BCUT2D eigenvalue weighted by molar-refractivity contribution is 6.30. The Bertz CT molecular complexity index is 788. The van der Waals surface area contributed by atoms with Crippen LogP contribution in [-0.2, 0) is 9.59 Å². The van der Waals surface area contributed by atoms with Crippen LogP contribution in [0.2, 0.25) is 5.02 Å². The number of carbonyl (C=O) groups is 3. The Balaban J connectivity index is 1.68. The lowest BCUT2D eigenvalue weighted by Gasteiger charge is -2.16. The fourth-order valence-electron chi connectivity index (χ4n) is 2.57. The fourth-order valence-corrected chi connectivity index (χ4v) is 2.76. The number of hydrogen-bond donors (Lipinski definition) is 0. The van der Waals surface area contributed by atoms with Crippen LogP contribution in [0.3, 0.4) is 0 Å². The van der Waals surface area contributed by atoms with Crippen LogP contribution in [0.25, 0.3) is 0 Å². The number of carbonyl (C=O) groups excluding carboxylic acids is 3. The number of hydrogen-bond acceptors (Lipinski definition) is 4. The van der Waals surface area contributed by atoms with Crippen molar-refractivity contribution in [3.05, 3.63) is 59.1 Å².